The van der Waals surface area contributed by atoms with Gasteiger partial charge in [0.2, 0.25) is 0 Å². The van der Waals surface area contributed by atoms with E-state index >= 15 is 0 Å². The molecule has 4 rings (SSSR count). The fraction of sp³-hybridized carbons (Fsp3) is 0.0455. The molecule has 0 aliphatic carbocycles. The number of thiophene rings is 1. The van der Waals surface area contributed by atoms with Crippen molar-refractivity contribution in [1.29, 1.82) is 0 Å². The molecule has 0 amide bonds. The lowest BCUT2D eigenvalue weighted by Gasteiger charge is -2.15. The van der Waals surface area contributed by atoms with Gasteiger partial charge in [-0.15, -0.1) is 11.3 Å². The molecule has 2 aromatic heterocycles. The molecule has 4 aromatic rings. The molecule has 1 N–H and O–H groups in total. The first-order chi connectivity index (χ1) is 12.7. The van der Waals surface area contributed by atoms with Crippen LogP contribution in [0.25, 0.3) is 21.6 Å². The third kappa shape index (κ3) is 3.29. The minimum Gasteiger partial charge on any atom is -0.384 e. The summed E-state index contributed by atoms with van der Waals surface area (Å²) in [7, 11) is 0. The lowest BCUT2D eigenvalue weighted by Crippen LogP contribution is -2.02. The van der Waals surface area contributed by atoms with E-state index in [1.165, 1.54) is 0 Å². The summed E-state index contributed by atoms with van der Waals surface area (Å²) in [6, 6.07) is 21.6. The number of aliphatic hydroxyl groups excluding tert-OH is 1. The monoisotopic (exact) mass is 377 g/mol. The van der Waals surface area contributed by atoms with Crippen LogP contribution in [0.2, 0.25) is 5.02 Å². The van der Waals surface area contributed by atoms with Crippen LogP contribution >= 0.6 is 22.9 Å². The van der Waals surface area contributed by atoms with E-state index in [2.05, 4.69) is 22.5 Å². The molecule has 2 heterocycles. The Kier molecular flexibility index (Phi) is 4.85. The molecule has 1 atom stereocenters. The van der Waals surface area contributed by atoms with Crippen LogP contribution in [-0.2, 0) is 0 Å². The molecule has 4 heteroatoms. The van der Waals surface area contributed by atoms with E-state index in [0.717, 1.165) is 32.7 Å². The number of halogens is 1. The highest BCUT2D eigenvalue weighted by Gasteiger charge is 2.23. The smallest absolute Gasteiger partial charge is 0.108 e. The van der Waals surface area contributed by atoms with Crippen LogP contribution in [0.3, 0.4) is 0 Å². The van der Waals surface area contributed by atoms with Crippen molar-refractivity contribution in [2.24, 2.45) is 0 Å². The Labute approximate surface area is 161 Å². The summed E-state index contributed by atoms with van der Waals surface area (Å²) in [4.78, 5) is 5.17. The fourth-order valence-corrected chi connectivity index (χ4v) is 4.34. The number of rotatable bonds is 4. The van der Waals surface area contributed by atoms with Crippen molar-refractivity contribution in [3.8, 4) is 21.6 Å². The van der Waals surface area contributed by atoms with Crippen molar-refractivity contribution in [2.45, 2.75) is 6.10 Å². The van der Waals surface area contributed by atoms with Gasteiger partial charge < -0.3 is 5.11 Å². The summed E-state index contributed by atoms with van der Waals surface area (Å²) >= 11 is 7.82. The molecule has 0 fully saturated rings. The van der Waals surface area contributed by atoms with Crippen LogP contribution in [0.5, 0.6) is 0 Å². The van der Waals surface area contributed by atoms with Crippen molar-refractivity contribution in [3.05, 3.63) is 101 Å². The van der Waals surface area contributed by atoms with Crippen molar-refractivity contribution >= 4 is 22.9 Å². The van der Waals surface area contributed by atoms with Gasteiger partial charge in [-0.05, 0) is 40.3 Å². The largest absolute Gasteiger partial charge is 0.384 e. The lowest BCUT2D eigenvalue weighted by molar-refractivity contribution is 0.221. The molecule has 0 radical (unpaired) electrons. The second-order valence-electron chi connectivity index (χ2n) is 5.96. The number of nitrogens with zero attached hydrogens (tertiary/aromatic N) is 1. The Morgan fingerprint density at radius 1 is 0.923 bits per heavy atom. The van der Waals surface area contributed by atoms with Crippen molar-refractivity contribution < 1.29 is 5.11 Å². The molecule has 0 aliphatic rings. The Morgan fingerprint density at radius 3 is 2.46 bits per heavy atom. The third-order valence-electron chi connectivity index (χ3n) is 4.27. The molecule has 0 aliphatic heterocycles. The quantitative estimate of drug-likeness (QED) is 0.458. The number of pyridine rings is 1. The second-order valence-corrected chi connectivity index (χ2v) is 7.27. The highest BCUT2D eigenvalue weighted by Crippen LogP contribution is 2.43. The first-order valence-corrected chi connectivity index (χ1v) is 9.50. The molecule has 0 spiro atoms. The van der Waals surface area contributed by atoms with E-state index in [9.17, 15) is 5.11 Å². The van der Waals surface area contributed by atoms with Crippen LogP contribution in [0.15, 0.2) is 84.5 Å². The Bertz CT molecular complexity index is 1010. The van der Waals surface area contributed by atoms with Gasteiger partial charge in [0, 0.05) is 33.4 Å². The predicted octanol–water partition coefficient (Wildman–Crippen LogP) is 6.21. The van der Waals surface area contributed by atoms with Gasteiger partial charge in [-0.1, -0.05) is 60.1 Å². The molecule has 2 nitrogen and oxygen atoms in total. The van der Waals surface area contributed by atoms with E-state index in [1.54, 1.807) is 23.7 Å². The zero-order valence-electron chi connectivity index (χ0n) is 13.8. The molecule has 0 saturated carbocycles. The van der Waals surface area contributed by atoms with E-state index < -0.39 is 6.10 Å². The van der Waals surface area contributed by atoms with Crippen LogP contribution < -0.4 is 0 Å². The summed E-state index contributed by atoms with van der Waals surface area (Å²) in [5.74, 6) is 0. The number of benzene rings is 2. The van der Waals surface area contributed by atoms with Crippen LogP contribution in [0.4, 0.5) is 0 Å². The second kappa shape index (κ2) is 7.42. The van der Waals surface area contributed by atoms with Crippen molar-refractivity contribution in [1.82, 2.24) is 4.98 Å². The zero-order valence-corrected chi connectivity index (χ0v) is 15.4. The average Bonchev–Trinajstić information content (AvgIpc) is 3.14. The van der Waals surface area contributed by atoms with Crippen LogP contribution in [0, 0.1) is 0 Å². The number of aromatic nitrogens is 1. The number of hydrogen-bond acceptors (Lipinski definition) is 3. The average molecular weight is 378 g/mol. The van der Waals surface area contributed by atoms with Gasteiger partial charge in [-0.25, -0.2) is 0 Å². The lowest BCUT2D eigenvalue weighted by atomic mass is 9.93. The van der Waals surface area contributed by atoms with Gasteiger partial charge >= 0.3 is 0 Å². The van der Waals surface area contributed by atoms with Crippen LogP contribution in [0.1, 0.15) is 17.2 Å². The minimum absolute atomic E-state index is 0.680. The van der Waals surface area contributed by atoms with Gasteiger partial charge in [-0.2, -0.15) is 0 Å². The normalized spacial score (nSPS) is 12.1. The molecule has 0 saturated heterocycles. The summed E-state index contributed by atoms with van der Waals surface area (Å²) in [5, 5.41) is 13.9. The molecule has 1 unspecified atom stereocenters. The van der Waals surface area contributed by atoms with E-state index in [1.807, 2.05) is 54.6 Å². The Morgan fingerprint density at radius 2 is 1.73 bits per heavy atom. The molecule has 0 bridgehead atoms. The summed E-state index contributed by atoms with van der Waals surface area (Å²) in [5.41, 5.74) is 4.77. The maximum Gasteiger partial charge on any atom is 0.108 e. The number of hydrogen-bond donors (Lipinski definition) is 1. The van der Waals surface area contributed by atoms with Gasteiger partial charge in [0.25, 0.3) is 0 Å². The molecule has 128 valence electrons. The highest BCUT2D eigenvalue weighted by molar-refractivity contribution is 7.14. The first kappa shape index (κ1) is 17.0. The standard InChI is InChI=1S/C22H16ClNOS/c23-18-10-4-8-16(12-18)22-20(21(25)17-9-5-11-24-13-17)19(14-26-22)15-6-2-1-3-7-15/h1-14,21,25H. The van der Waals surface area contributed by atoms with Gasteiger partial charge in [0.15, 0.2) is 0 Å². The fourth-order valence-electron chi connectivity index (χ4n) is 3.04. The SMILES string of the molecule is OC(c1cccnc1)c1c(-c2ccccc2)csc1-c1cccc(Cl)c1. The molecular formula is C22H16ClNOS. The van der Waals surface area contributed by atoms with Crippen molar-refractivity contribution in [3.63, 3.8) is 0 Å². The third-order valence-corrected chi connectivity index (χ3v) is 5.55. The van der Waals surface area contributed by atoms with Gasteiger partial charge in [-0.3, -0.25) is 4.98 Å². The van der Waals surface area contributed by atoms with E-state index in [0.29, 0.717) is 5.02 Å². The summed E-state index contributed by atoms with van der Waals surface area (Å²) in [6.07, 6.45) is 2.65. The van der Waals surface area contributed by atoms with E-state index in [4.69, 9.17) is 11.6 Å². The maximum absolute atomic E-state index is 11.2. The Hall–Kier alpha value is -2.46. The van der Waals surface area contributed by atoms with Gasteiger partial charge in [0.1, 0.15) is 6.10 Å². The first-order valence-electron chi connectivity index (χ1n) is 8.25. The minimum atomic E-state index is -0.765. The molecular weight excluding hydrogens is 362 g/mol. The van der Waals surface area contributed by atoms with Crippen molar-refractivity contribution in [2.75, 3.05) is 0 Å². The number of aliphatic hydroxyl groups is 1. The summed E-state index contributed by atoms with van der Waals surface area (Å²) < 4.78 is 0. The van der Waals surface area contributed by atoms with Gasteiger partial charge in [0.05, 0.1) is 0 Å². The predicted molar refractivity (Wildman–Crippen MR) is 108 cm³/mol. The maximum atomic E-state index is 11.2. The summed E-state index contributed by atoms with van der Waals surface area (Å²) in [6.45, 7) is 0. The van der Waals surface area contributed by atoms with Crippen LogP contribution in [-0.4, -0.2) is 10.1 Å². The topological polar surface area (TPSA) is 33.1 Å². The van der Waals surface area contributed by atoms with E-state index in [-0.39, 0.29) is 0 Å². The molecule has 26 heavy (non-hydrogen) atoms. The zero-order chi connectivity index (χ0) is 17.9. The Balaban J connectivity index is 1.92. The highest BCUT2D eigenvalue weighted by atomic mass is 35.5. The molecule has 2 aromatic carbocycles.